The van der Waals surface area contributed by atoms with Crippen molar-refractivity contribution < 1.29 is 14.6 Å². The molecule has 0 bridgehead atoms. The Morgan fingerprint density at radius 3 is 2.17 bits per heavy atom. The minimum Gasteiger partial charge on any atom is -0.481 e. The Kier molecular flexibility index (Phi) is 5.72. The van der Waals surface area contributed by atoms with Crippen LogP contribution in [0.2, 0.25) is 0 Å². The van der Waals surface area contributed by atoms with Gasteiger partial charge in [-0.25, -0.2) is 0 Å². The van der Waals surface area contributed by atoms with E-state index >= 15 is 0 Å². The minimum absolute atomic E-state index is 0.127. The van der Waals surface area contributed by atoms with Crippen LogP contribution in [-0.4, -0.2) is 23.8 Å². The highest BCUT2D eigenvalue weighted by Crippen LogP contribution is 2.15. The number of hydrogen-bond donors (Lipinski definition) is 1. The standard InChI is InChI=1S/C9H18O3/c1-4-7(9(10)11)8(5-2)12-6-3/h7-8H,4-6H2,1-3H3,(H,10,11). The number of ether oxygens (including phenoxy) is 1. The summed E-state index contributed by atoms with van der Waals surface area (Å²) < 4.78 is 5.32. The van der Waals surface area contributed by atoms with Gasteiger partial charge in [-0.1, -0.05) is 13.8 Å². The molecule has 0 saturated heterocycles. The zero-order valence-corrected chi connectivity index (χ0v) is 8.04. The van der Waals surface area contributed by atoms with E-state index in [0.717, 1.165) is 6.42 Å². The SMILES string of the molecule is CCOC(CC)C(CC)C(=O)O. The van der Waals surface area contributed by atoms with E-state index in [9.17, 15) is 4.79 Å². The van der Waals surface area contributed by atoms with E-state index in [0.29, 0.717) is 13.0 Å². The monoisotopic (exact) mass is 174 g/mol. The third-order valence-corrected chi connectivity index (χ3v) is 1.99. The first-order chi connectivity index (χ1) is 5.67. The molecule has 2 atom stereocenters. The van der Waals surface area contributed by atoms with Crippen LogP contribution in [0.1, 0.15) is 33.6 Å². The van der Waals surface area contributed by atoms with Crippen LogP contribution in [-0.2, 0) is 9.53 Å². The summed E-state index contributed by atoms with van der Waals surface area (Å²) in [5.41, 5.74) is 0. The average Bonchev–Trinajstić information content (AvgIpc) is 2.03. The fraction of sp³-hybridized carbons (Fsp3) is 0.889. The third-order valence-electron chi connectivity index (χ3n) is 1.99. The van der Waals surface area contributed by atoms with E-state index in [1.54, 1.807) is 0 Å². The first kappa shape index (κ1) is 11.4. The number of hydrogen-bond acceptors (Lipinski definition) is 2. The van der Waals surface area contributed by atoms with E-state index in [-0.39, 0.29) is 12.0 Å². The first-order valence-corrected chi connectivity index (χ1v) is 4.51. The molecular weight excluding hydrogens is 156 g/mol. The van der Waals surface area contributed by atoms with Crippen molar-refractivity contribution in [1.29, 1.82) is 0 Å². The molecule has 0 aromatic carbocycles. The Balaban J connectivity index is 4.12. The molecule has 0 saturated carbocycles. The largest absolute Gasteiger partial charge is 0.481 e. The maximum Gasteiger partial charge on any atom is 0.309 e. The summed E-state index contributed by atoms with van der Waals surface area (Å²) in [7, 11) is 0. The van der Waals surface area contributed by atoms with Crippen molar-refractivity contribution in [2.45, 2.75) is 39.7 Å². The summed E-state index contributed by atoms with van der Waals surface area (Å²) in [6.07, 6.45) is 1.27. The van der Waals surface area contributed by atoms with Crippen molar-refractivity contribution in [3.63, 3.8) is 0 Å². The smallest absolute Gasteiger partial charge is 0.309 e. The van der Waals surface area contributed by atoms with Gasteiger partial charge >= 0.3 is 5.97 Å². The summed E-state index contributed by atoms with van der Waals surface area (Å²) in [6, 6.07) is 0. The predicted molar refractivity (Wildman–Crippen MR) is 47.1 cm³/mol. The number of carboxylic acids is 1. The lowest BCUT2D eigenvalue weighted by atomic mass is 9.98. The van der Waals surface area contributed by atoms with Crippen LogP contribution < -0.4 is 0 Å². The Morgan fingerprint density at radius 2 is 1.92 bits per heavy atom. The molecule has 0 heterocycles. The summed E-state index contributed by atoms with van der Waals surface area (Å²) in [6.45, 7) is 6.30. The second kappa shape index (κ2) is 6.00. The van der Waals surface area contributed by atoms with Gasteiger partial charge < -0.3 is 9.84 Å². The molecule has 0 aromatic rings. The fourth-order valence-electron chi connectivity index (χ4n) is 1.33. The Bertz CT molecular complexity index is 134. The van der Waals surface area contributed by atoms with E-state index in [2.05, 4.69) is 0 Å². The van der Waals surface area contributed by atoms with E-state index in [4.69, 9.17) is 9.84 Å². The molecule has 0 spiro atoms. The van der Waals surface area contributed by atoms with Crippen LogP contribution >= 0.6 is 0 Å². The van der Waals surface area contributed by atoms with Crippen LogP contribution in [0.5, 0.6) is 0 Å². The normalized spacial score (nSPS) is 15.6. The molecule has 2 unspecified atom stereocenters. The van der Waals surface area contributed by atoms with Gasteiger partial charge in [0.1, 0.15) is 0 Å². The van der Waals surface area contributed by atoms with Gasteiger partial charge in [0.2, 0.25) is 0 Å². The van der Waals surface area contributed by atoms with E-state index in [1.807, 2.05) is 20.8 Å². The molecule has 0 aliphatic rings. The lowest BCUT2D eigenvalue weighted by Crippen LogP contribution is -2.29. The number of carboxylic acid groups (broad SMARTS) is 1. The molecule has 0 aromatic heterocycles. The summed E-state index contributed by atoms with van der Waals surface area (Å²) in [4.78, 5) is 10.7. The van der Waals surface area contributed by atoms with E-state index in [1.165, 1.54) is 0 Å². The van der Waals surface area contributed by atoms with Gasteiger partial charge in [0.15, 0.2) is 0 Å². The highest BCUT2D eigenvalue weighted by atomic mass is 16.5. The number of rotatable bonds is 6. The maximum atomic E-state index is 10.7. The molecule has 72 valence electrons. The molecule has 0 radical (unpaired) electrons. The molecule has 0 aliphatic heterocycles. The highest BCUT2D eigenvalue weighted by Gasteiger charge is 2.24. The van der Waals surface area contributed by atoms with Crippen molar-refractivity contribution in [2.75, 3.05) is 6.61 Å². The van der Waals surface area contributed by atoms with Crippen molar-refractivity contribution >= 4 is 5.97 Å². The van der Waals surface area contributed by atoms with Gasteiger partial charge in [-0.3, -0.25) is 4.79 Å². The Labute approximate surface area is 73.7 Å². The first-order valence-electron chi connectivity index (χ1n) is 4.51. The molecule has 1 N–H and O–H groups in total. The van der Waals surface area contributed by atoms with Crippen LogP contribution in [0, 0.1) is 5.92 Å². The summed E-state index contributed by atoms with van der Waals surface area (Å²) >= 11 is 0. The van der Waals surface area contributed by atoms with Crippen LogP contribution in [0.15, 0.2) is 0 Å². The molecular formula is C9H18O3. The van der Waals surface area contributed by atoms with Crippen molar-refractivity contribution in [2.24, 2.45) is 5.92 Å². The van der Waals surface area contributed by atoms with Crippen LogP contribution in [0.4, 0.5) is 0 Å². The fourth-order valence-corrected chi connectivity index (χ4v) is 1.33. The number of aliphatic carboxylic acids is 1. The van der Waals surface area contributed by atoms with Crippen molar-refractivity contribution in [3.8, 4) is 0 Å². The Morgan fingerprint density at radius 1 is 1.33 bits per heavy atom. The lowest BCUT2D eigenvalue weighted by Gasteiger charge is -2.21. The average molecular weight is 174 g/mol. The van der Waals surface area contributed by atoms with Gasteiger partial charge in [-0.05, 0) is 19.8 Å². The van der Waals surface area contributed by atoms with Gasteiger partial charge in [-0.2, -0.15) is 0 Å². The molecule has 0 rings (SSSR count). The van der Waals surface area contributed by atoms with Gasteiger partial charge in [0, 0.05) is 6.61 Å². The molecule has 12 heavy (non-hydrogen) atoms. The van der Waals surface area contributed by atoms with Gasteiger partial charge in [0.05, 0.1) is 12.0 Å². The molecule has 0 aliphatic carbocycles. The molecule has 0 amide bonds. The minimum atomic E-state index is -0.752. The predicted octanol–water partition coefficient (Wildman–Crippen LogP) is 1.91. The van der Waals surface area contributed by atoms with Crippen LogP contribution in [0.25, 0.3) is 0 Å². The highest BCUT2D eigenvalue weighted by molar-refractivity contribution is 5.70. The second-order valence-corrected chi connectivity index (χ2v) is 2.76. The maximum absolute atomic E-state index is 10.7. The summed E-state index contributed by atoms with van der Waals surface area (Å²) in [5.74, 6) is -1.10. The lowest BCUT2D eigenvalue weighted by molar-refractivity contribution is -0.147. The molecule has 3 nitrogen and oxygen atoms in total. The molecule has 0 fully saturated rings. The molecule has 3 heteroatoms. The van der Waals surface area contributed by atoms with Gasteiger partial charge in [0.25, 0.3) is 0 Å². The second-order valence-electron chi connectivity index (χ2n) is 2.76. The van der Waals surface area contributed by atoms with Crippen LogP contribution in [0.3, 0.4) is 0 Å². The summed E-state index contributed by atoms with van der Waals surface area (Å²) in [5, 5.41) is 8.82. The van der Waals surface area contributed by atoms with E-state index < -0.39 is 5.97 Å². The topological polar surface area (TPSA) is 46.5 Å². The number of carbonyl (C=O) groups is 1. The zero-order valence-electron chi connectivity index (χ0n) is 8.04. The van der Waals surface area contributed by atoms with Gasteiger partial charge in [-0.15, -0.1) is 0 Å². The Hall–Kier alpha value is -0.570. The van der Waals surface area contributed by atoms with Crippen molar-refractivity contribution in [1.82, 2.24) is 0 Å². The third kappa shape index (κ3) is 3.22. The zero-order chi connectivity index (χ0) is 9.56. The quantitative estimate of drug-likeness (QED) is 0.669. The van der Waals surface area contributed by atoms with Crippen molar-refractivity contribution in [3.05, 3.63) is 0 Å².